The highest BCUT2D eigenvalue weighted by Gasteiger charge is 2.13. The molecule has 0 fully saturated rings. The van der Waals surface area contributed by atoms with Gasteiger partial charge in [-0.05, 0) is 37.2 Å². The van der Waals surface area contributed by atoms with Crippen molar-refractivity contribution >= 4 is 9.84 Å². The Bertz CT molecular complexity index is 468. The number of aryl methyl sites for hydroxylation is 1. The summed E-state index contributed by atoms with van der Waals surface area (Å²) >= 11 is 0. The van der Waals surface area contributed by atoms with E-state index >= 15 is 0 Å². The molecule has 0 bridgehead atoms. The van der Waals surface area contributed by atoms with Gasteiger partial charge in [0, 0.05) is 12.8 Å². The Labute approximate surface area is 96.2 Å². The third kappa shape index (κ3) is 3.04. The zero-order valence-corrected chi connectivity index (χ0v) is 10.5. The van der Waals surface area contributed by atoms with Crippen LogP contribution in [0.25, 0.3) is 0 Å². The number of hydrogen-bond acceptors (Lipinski definition) is 4. The monoisotopic (exact) mass is 243 g/mol. The summed E-state index contributed by atoms with van der Waals surface area (Å²) < 4.78 is 22.6. The maximum atomic E-state index is 11.3. The lowest BCUT2D eigenvalue weighted by Crippen LogP contribution is -2.17. The molecule has 1 unspecified atom stereocenters. The summed E-state index contributed by atoms with van der Waals surface area (Å²) in [5.41, 5.74) is 1.53. The van der Waals surface area contributed by atoms with Crippen LogP contribution in [0.2, 0.25) is 0 Å². The highest BCUT2D eigenvalue weighted by atomic mass is 32.2. The summed E-state index contributed by atoms with van der Waals surface area (Å²) in [5.74, 6) is 0. The van der Waals surface area contributed by atoms with Crippen molar-refractivity contribution in [3.8, 4) is 0 Å². The predicted octanol–water partition coefficient (Wildman–Crippen LogP) is 0.651. The number of sulfone groups is 1. The minimum absolute atomic E-state index is 0.283. The van der Waals surface area contributed by atoms with Crippen molar-refractivity contribution in [2.24, 2.45) is 0 Å². The molecule has 0 aliphatic carbocycles. The number of benzene rings is 1. The van der Waals surface area contributed by atoms with Crippen molar-refractivity contribution in [1.82, 2.24) is 5.32 Å². The lowest BCUT2D eigenvalue weighted by Gasteiger charge is -2.13. The van der Waals surface area contributed by atoms with Crippen LogP contribution in [0.4, 0.5) is 0 Å². The number of hydrogen-bond donors (Lipinski definition) is 2. The van der Waals surface area contributed by atoms with Gasteiger partial charge in [-0.1, -0.05) is 6.07 Å². The number of rotatable bonds is 4. The fourth-order valence-electron chi connectivity index (χ4n) is 1.56. The van der Waals surface area contributed by atoms with E-state index in [1.807, 2.05) is 0 Å². The molecule has 0 amide bonds. The van der Waals surface area contributed by atoms with Crippen LogP contribution < -0.4 is 5.32 Å². The van der Waals surface area contributed by atoms with Crippen molar-refractivity contribution in [1.29, 1.82) is 0 Å². The van der Waals surface area contributed by atoms with Gasteiger partial charge < -0.3 is 10.4 Å². The number of nitrogens with one attached hydrogen (secondary N) is 1. The van der Waals surface area contributed by atoms with Crippen molar-refractivity contribution in [2.75, 3.05) is 19.8 Å². The maximum absolute atomic E-state index is 11.3. The van der Waals surface area contributed by atoms with Gasteiger partial charge in [0.2, 0.25) is 0 Å². The standard InChI is InChI=1S/C11H17NO3S/c1-8-6-9(16(3,14)15)4-5-10(8)11(13)7-12-2/h4-6,11-13H,7H2,1-3H3. The molecule has 1 rings (SSSR count). The van der Waals surface area contributed by atoms with Crippen LogP contribution in [-0.4, -0.2) is 33.4 Å². The first-order valence-corrected chi connectivity index (χ1v) is 6.88. The van der Waals surface area contributed by atoms with Crippen molar-refractivity contribution in [3.05, 3.63) is 29.3 Å². The van der Waals surface area contributed by atoms with Gasteiger partial charge in [0.1, 0.15) is 0 Å². The van der Waals surface area contributed by atoms with E-state index in [9.17, 15) is 13.5 Å². The van der Waals surface area contributed by atoms with Crippen LogP contribution in [0.3, 0.4) is 0 Å². The number of likely N-dealkylation sites (N-methyl/N-ethyl adjacent to an activating group) is 1. The molecule has 1 aromatic carbocycles. The highest BCUT2D eigenvalue weighted by molar-refractivity contribution is 7.90. The van der Waals surface area contributed by atoms with Gasteiger partial charge in [0.15, 0.2) is 9.84 Å². The molecular formula is C11H17NO3S. The van der Waals surface area contributed by atoms with Crippen LogP contribution in [0.5, 0.6) is 0 Å². The normalized spacial score (nSPS) is 13.8. The van der Waals surface area contributed by atoms with Crippen molar-refractivity contribution < 1.29 is 13.5 Å². The Balaban J connectivity index is 3.10. The minimum atomic E-state index is -3.18. The molecular weight excluding hydrogens is 226 g/mol. The topological polar surface area (TPSA) is 66.4 Å². The molecule has 0 saturated carbocycles. The van der Waals surface area contributed by atoms with Gasteiger partial charge in [-0.25, -0.2) is 8.42 Å². The lowest BCUT2D eigenvalue weighted by atomic mass is 10.0. The van der Waals surface area contributed by atoms with Crippen LogP contribution in [0.1, 0.15) is 17.2 Å². The second-order valence-corrected chi connectivity index (χ2v) is 5.88. The molecule has 0 aliphatic rings. The first kappa shape index (κ1) is 13.2. The van der Waals surface area contributed by atoms with Crippen molar-refractivity contribution in [3.63, 3.8) is 0 Å². The van der Waals surface area contributed by atoms with Gasteiger partial charge in [0.05, 0.1) is 11.0 Å². The zero-order chi connectivity index (χ0) is 12.3. The Morgan fingerprint density at radius 1 is 1.44 bits per heavy atom. The maximum Gasteiger partial charge on any atom is 0.175 e. The van der Waals surface area contributed by atoms with E-state index in [4.69, 9.17) is 0 Å². The largest absolute Gasteiger partial charge is 0.387 e. The third-order valence-electron chi connectivity index (χ3n) is 2.43. The molecule has 2 N–H and O–H groups in total. The zero-order valence-electron chi connectivity index (χ0n) is 9.69. The highest BCUT2D eigenvalue weighted by Crippen LogP contribution is 2.20. The average molecular weight is 243 g/mol. The lowest BCUT2D eigenvalue weighted by molar-refractivity contribution is 0.177. The molecule has 0 spiro atoms. The summed E-state index contributed by atoms with van der Waals surface area (Å²) in [7, 11) is -1.42. The van der Waals surface area contributed by atoms with E-state index in [0.29, 0.717) is 6.54 Å². The fraction of sp³-hybridized carbons (Fsp3) is 0.455. The molecule has 0 aliphatic heterocycles. The van der Waals surface area contributed by atoms with E-state index in [-0.39, 0.29) is 4.90 Å². The Hall–Kier alpha value is -0.910. The summed E-state index contributed by atoms with van der Waals surface area (Å²) in [4.78, 5) is 0.283. The summed E-state index contributed by atoms with van der Waals surface area (Å²) in [6.07, 6.45) is 0.560. The molecule has 0 saturated heterocycles. The Kier molecular flexibility index (Phi) is 4.07. The number of aliphatic hydroxyl groups excluding tert-OH is 1. The van der Waals surface area contributed by atoms with Crippen LogP contribution in [0, 0.1) is 6.92 Å². The first-order valence-electron chi connectivity index (χ1n) is 4.99. The summed E-state index contributed by atoms with van der Waals surface area (Å²) in [5, 5.41) is 12.7. The summed E-state index contributed by atoms with van der Waals surface area (Å²) in [6, 6.07) is 4.77. The first-order chi connectivity index (χ1) is 7.36. The van der Waals surface area contributed by atoms with E-state index in [2.05, 4.69) is 5.32 Å². The van der Waals surface area contributed by atoms with Crippen LogP contribution in [-0.2, 0) is 9.84 Å². The van der Waals surface area contributed by atoms with E-state index in [0.717, 1.165) is 11.1 Å². The SMILES string of the molecule is CNCC(O)c1ccc(S(C)(=O)=O)cc1C. The molecule has 1 aromatic rings. The molecule has 0 aromatic heterocycles. The van der Waals surface area contributed by atoms with Crippen molar-refractivity contribution in [2.45, 2.75) is 17.9 Å². The summed E-state index contributed by atoms with van der Waals surface area (Å²) in [6.45, 7) is 2.24. The smallest absolute Gasteiger partial charge is 0.175 e. The van der Waals surface area contributed by atoms with E-state index in [1.54, 1.807) is 26.1 Å². The molecule has 4 nitrogen and oxygen atoms in total. The quantitative estimate of drug-likeness (QED) is 0.815. The Morgan fingerprint density at radius 2 is 2.06 bits per heavy atom. The molecule has 1 atom stereocenters. The van der Waals surface area contributed by atoms with Gasteiger partial charge in [-0.2, -0.15) is 0 Å². The van der Waals surface area contributed by atoms with E-state index in [1.165, 1.54) is 12.3 Å². The molecule has 0 heterocycles. The second kappa shape index (κ2) is 4.95. The van der Waals surface area contributed by atoms with Crippen LogP contribution in [0.15, 0.2) is 23.1 Å². The molecule has 0 radical (unpaired) electrons. The molecule has 90 valence electrons. The molecule has 5 heteroatoms. The number of aliphatic hydroxyl groups is 1. The fourth-order valence-corrected chi connectivity index (χ4v) is 2.26. The van der Waals surface area contributed by atoms with Gasteiger partial charge >= 0.3 is 0 Å². The minimum Gasteiger partial charge on any atom is -0.387 e. The van der Waals surface area contributed by atoms with Gasteiger partial charge in [-0.15, -0.1) is 0 Å². The van der Waals surface area contributed by atoms with Gasteiger partial charge in [-0.3, -0.25) is 0 Å². The van der Waals surface area contributed by atoms with Gasteiger partial charge in [0.25, 0.3) is 0 Å². The molecule has 16 heavy (non-hydrogen) atoms. The van der Waals surface area contributed by atoms with E-state index < -0.39 is 15.9 Å². The second-order valence-electron chi connectivity index (χ2n) is 3.86. The predicted molar refractivity (Wildman–Crippen MR) is 63.2 cm³/mol. The van der Waals surface area contributed by atoms with Crippen LogP contribution >= 0.6 is 0 Å². The average Bonchev–Trinajstić information content (AvgIpc) is 2.16. The third-order valence-corrected chi connectivity index (χ3v) is 3.54. The Morgan fingerprint density at radius 3 is 2.50 bits per heavy atom.